The van der Waals surface area contributed by atoms with Gasteiger partial charge in [-0.05, 0) is 56.7 Å². The molecule has 27 heavy (non-hydrogen) atoms. The number of nitrogens with zero attached hydrogens (tertiary/aromatic N) is 5. The van der Waals surface area contributed by atoms with Gasteiger partial charge in [-0.15, -0.1) is 5.10 Å². The Balaban J connectivity index is 1.69. The summed E-state index contributed by atoms with van der Waals surface area (Å²) in [5.74, 6) is 1.11. The standard InChI is InChI=1S/C20H25N7/c1-4-27(5-2)17-9-10-18(15(3)12-17)24-19-14-23-26-20(25-19)22-13-16-8-6-7-11-21-16/h6-12,14H,4-5,13H2,1-3H3,(H2,22,24,25,26). The third kappa shape index (κ3) is 4.91. The molecule has 0 fully saturated rings. The molecule has 140 valence electrons. The molecule has 0 aliphatic heterocycles. The first-order chi connectivity index (χ1) is 13.2. The molecule has 7 nitrogen and oxygen atoms in total. The minimum absolute atomic E-state index is 0.461. The fraction of sp³-hybridized carbons (Fsp3) is 0.300. The summed E-state index contributed by atoms with van der Waals surface area (Å²) in [6.07, 6.45) is 3.38. The van der Waals surface area contributed by atoms with Gasteiger partial charge in [0.25, 0.3) is 0 Å². The Morgan fingerprint density at radius 1 is 1.07 bits per heavy atom. The molecule has 3 rings (SSSR count). The van der Waals surface area contributed by atoms with Crippen molar-refractivity contribution >= 4 is 23.1 Å². The highest BCUT2D eigenvalue weighted by Gasteiger charge is 2.07. The van der Waals surface area contributed by atoms with E-state index in [9.17, 15) is 0 Å². The van der Waals surface area contributed by atoms with Gasteiger partial charge in [0, 0.05) is 30.7 Å². The molecule has 0 saturated heterocycles. The Morgan fingerprint density at radius 3 is 2.63 bits per heavy atom. The zero-order valence-electron chi connectivity index (χ0n) is 16.0. The van der Waals surface area contributed by atoms with Crippen molar-refractivity contribution in [2.75, 3.05) is 28.6 Å². The average Bonchev–Trinajstić information content (AvgIpc) is 2.70. The van der Waals surface area contributed by atoms with Crippen LogP contribution >= 0.6 is 0 Å². The van der Waals surface area contributed by atoms with Crippen LogP contribution < -0.4 is 15.5 Å². The normalized spacial score (nSPS) is 10.5. The maximum Gasteiger partial charge on any atom is 0.245 e. The maximum absolute atomic E-state index is 4.48. The summed E-state index contributed by atoms with van der Waals surface area (Å²) in [6, 6.07) is 12.2. The summed E-state index contributed by atoms with van der Waals surface area (Å²) < 4.78 is 0. The molecule has 0 atom stereocenters. The van der Waals surface area contributed by atoms with E-state index in [-0.39, 0.29) is 0 Å². The molecule has 0 radical (unpaired) electrons. The molecule has 0 amide bonds. The third-order valence-corrected chi connectivity index (χ3v) is 4.31. The van der Waals surface area contributed by atoms with E-state index in [1.807, 2.05) is 18.2 Å². The fourth-order valence-corrected chi connectivity index (χ4v) is 2.82. The van der Waals surface area contributed by atoms with Crippen LogP contribution in [0, 0.1) is 6.92 Å². The molecule has 2 heterocycles. The van der Waals surface area contributed by atoms with Crippen molar-refractivity contribution < 1.29 is 0 Å². The smallest absolute Gasteiger partial charge is 0.245 e. The highest BCUT2D eigenvalue weighted by Crippen LogP contribution is 2.25. The van der Waals surface area contributed by atoms with Crippen LogP contribution in [0.2, 0.25) is 0 Å². The van der Waals surface area contributed by atoms with Gasteiger partial charge in [-0.1, -0.05) is 6.07 Å². The Hall–Kier alpha value is -3.22. The van der Waals surface area contributed by atoms with E-state index >= 15 is 0 Å². The second kappa shape index (κ2) is 8.93. The highest BCUT2D eigenvalue weighted by molar-refractivity contribution is 5.65. The number of hydrogen-bond donors (Lipinski definition) is 2. The summed E-state index contributed by atoms with van der Waals surface area (Å²) in [4.78, 5) is 11.1. The summed E-state index contributed by atoms with van der Waals surface area (Å²) >= 11 is 0. The molecule has 0 saturated carbocycles. The molecule has 1 aromatic carbocycles. The Bertz CT molecular complexity index is 863. The van der Waals surface area contributed by atoms with Gasteiger partial charge in [-0.3, -0.25) is 4.98 Å². The minimum Gasteiger partial charge on any atom is -0.372 e. The van der Waals surface area contributed by atoms with Gasteiger partial charge in [0.15, 0.2) is 5.82 Å². The quantitative estimate of drug-likeness (QED) is 0.630. The molecule has 7 heteroatoms. The molecule has 3 aromatic rings. The van der Waals surface area contributed by atoms with Crippen molar-refractivity contribution in [2.24, 2.45) is 0 Å². The van der Waals surface area contributed by atoms with Crippen LogP contribution in [-0.2, 0) is 6.54 Å². The topological polar surface area (TPSA) is 78.9 Å². The van der Waals surface area contributed by atoms with Crippen LogP contribution in [0.3, 0.4) is 0 Å². The fourth-order valence-electron chi connectivity index (χ4n) is 2.82. The van der Waals surface area contributed by atoms with E-state index in [2.05, 4.69) is 74.7 Å². The number of rotatable bonds is 8. The van der Waals surface area contributed by atoms with E-state index in [0.717, 1.165) is 30.0 Å². The summed E-state index contributed by atoms with van der Waals surface area (Å²) in [5, 5.41) is 14.5. The molecule has 0 aliphatic carbocycles. The first-order valence-corrected chi connectivity index (χ1v) is 9.15. The van der Waals surface area contributed by atoms with Crippen molar-refractivity contribution in [2.45, 2.75) is 27.3 Å². The molecular formula is C20H25N7. The van der Waals surface area contributed by atoms with E-state index in [4.69, 9.17) is 0 Å². The Labute approximate surface area is 159 Å². The largest absolute Gasteiger partial charge is 0.372 e. The van der Waals surface area contributed by atoms with Gasteiger partial charge >= 0.3 is 0 Å². The molecule has 0 aliphatic rings. The van der Waals surface area contributed by atoms with Crippen molar-refractivity contribution in [1.82, 2.24) is 20.2 Å². The average molecular weight is 363 g/mol. The number of benzene rings is 1. The first kappa shape index (κ1) is 18.6. The van der Waals surface area contributed by atoms with Crippen LogP contribution in [0.15, 0.2) is 48.8 Å². The molecule has 0 bridgehead atoms. The van der Waals surface area contributed by atoms with Crippen LogP contribution in [0.25, 0.3) is 0 Å². The van der Waals surface area contributed by atoms with E-state index in [1.54, 1.807) is 12.4 Å². The van der Waals surface area contributed by atoms with Gasteiger partial charge in [-0.25, -0.2) is 0 Å². The number of pyridine rings is 1. The Kier molecular flexibility index (Phi) is 6.14. The number of aryl methyl sites for hydroxylation is 1. The predicted molar refractivity (Wildman–Crippen MR) is 109 cm³/mol. The lowest BCUT2D eigenvalue weighted by atomic mass is 10.1. The van der Waals surface area contributed by atoms with Gasteiger partial charge in [0.2, 0.25) is 5.95 Å². The number of nitrogens with one attached hydrogen (secondary N) is 2. The Morgan fingerprint density at radius 2 is 1.93 bits per heavy atom. The SMILES string of the molecule is CCN(CC)c1ccc(Nc2cnnc(NCc3ccccn3)n2)c(C)c1. The van der Waals surface area contributed by atoms with Gasteiger partial charge in [0.1, 0.15) is 0 Å². The predicted octanol–water partition coefficient (Wildman–Crippen LogP) is 3.78. The summed E-state index contributed by atoms with van der Waals surface area (Å²) in [6.45, 7) is 8.94. The lowest BCUT2D eigenvalue weighted by molar-refractivity contribution is 0.866. The van der Waals surface area contributed by atoms with Crippen molar-refractivity contribution in [3.8, 4) is 0 Å². The zero-order chi connectivity index (χ0) is 19.1. The van der Waals surface area contributed by atoms with Crippen LogP contribution in [0.1, 0.15) is 25.1 Å². The summed E-state index contributed by atoms with van der Waals surface area (Å²) in [5.41, 5.74) is 4.30. The number of hydrogen-bond acceptors (Lipinski definition) is 7. The molecular weight excluding hydrogens is 338 g/mol. The molecule has 2 aromatic heterocycles. The zero-order valence-corrected chi connectivity index (χ0v) is 16.0. The van der Waals surface area contributed by atoms with Gasteiger partial charge in [0.05, 0.1) is 18.4 Å². The summed E-state index contributed by atoms with van der Waals surface area (Å²) in [7, 11) is 0. The lowest BCUT2D eigenvalue weighted by Gasteiger charge is -2.22. The second-order valence-corrected chi connectivity index (χ2v) is 6.14. The first-order valence-electron chi connectivity index (χ1n) is 9.15. The maximum atomic E-state index is 4.48. The second-order valence-electron chi connectivity index (χ2n) is 6.14. The van der Waals surface area contributed by atoms with Crippen molar-refractivity contribution in [1.29, 1.82) is 0 Å². The van der Waals surface area contributed by atoms with E-state index in [0.29, 0.717) is 18.3 Å². The van der Waals surface area contributed by atoms with Gasteiger partial charge in [-0.2, -0.15) is 10.1 Å². The minimum atomic E-state index is 0.461. The van der Waals surface area contributed by atoms with E-state index in [1.165, 1.54) is 5.69 Å². The van der Waals surface area contributed by atoms with Crippen molar-refractivity contribution in [3.05, 3.63) is 60.0 Å². The molecule has 0 unspecified atom stereocenters. The highest BCUT2D eigenvalue weighted by atomic mass is 15.3. The molecule has 2 N–H and O–H groups in total. The van der Waals surface area contributed by atoms with Crippen LogP contribution in [0.4, 0.5) is 23.1 Å². The van der Waals surface area contributed by atoms with Crippen LogP contribution in [-0.4, -0.2) is 33.3 Å². The van der Waals surface area contributed by atoms with E-state index < -0.39 is 0 Å². The van der Waals surface area contributed by atoms with Crippen LogP contribution in [0.5, 0.6) is 0 Å². The monoisotopic (exact) mass is 363 g/mol. The molecule has 0 spiro atoms. The number of aromatic nitrogens is 4. The van der Waals surface area contributed by atoms with Crippen molar-refractivity contribution in [3.63, 3.8) is 0 Å². The lowest BCUT2D eigenvalue weighted by Crippen LogP contribution is -2.21. The number of anilines is 4. The van der Waals surface area contributed by atoms with Gasteiger partial charge < -0.3 is 15.5 Å². The third-order valence-electron chi connectivity index (χ3n) is 4.31.